The van der Waals surface area contributed by atoms with Crippen molar-refractivity contribution in [3.8, 4) is 22.3 Å². The summed E-state index contributed by atoms with van der Waals surface area (Å²) >= 11 is 0. The minimum absolute atomic E-state index is 0.0882. The molecule has 0 atom stereocenters. The third-order valence-electron chi connectivity index (χ3n) is 16.8. The van der Waals surface area contributed by atoms with Gasteiger partial charge >= 0.3 is 0 Å². The van der Waals surface area contributed by atoms with Gasteiger partial charge in [-0.05, 0) is 205 Å². The Labute approximate surface area is 457 Å². The largest absolute Gasteiger partial charge is 0.311 e. The molecule has 3 heteroatoms. The standard InChI is InChI=1S/C74H69BN2/c1-71(2,3)58-40-59(72(4,5)6)43-62(42-58)76-66-36-55-32-50-25-18-16-23-48(50)30-53(55)34-64(66)75-65-35-54-31-49-24-17-19-26-51(49)33-56(54)37-67(65)77(63-44-60(73(7,8)9)41-61(45-63)74(10,11)12)69-39-57(38-68(76)70(69)75)52-28-20-27-47(29-52)46-21-14-13-15-22-46/h13-45H,1-12H3. The highest BCUT2D eigenvalue weighted by Gasteiger charge is 2.45. The van der Waals surface area contributed by atoms with Crippen LogP contribution in [0.3, 0.4) is 0 Å². The van der Waals surface area contributed by atoms with Crippen LogP contribution in [0.25, 0.3) is 65.3 Å². The molecule has 11 aromatic rings. The van der Waals surface area contributed by atoms with Gasteiger partial charge in [0, 0.05) is 34.1 Å². The van der Waals surface area contributed by atoms with Gasteiger partial charge in [0.15, 0.2) is 0 Å². The van der Waals surface area contributed by atoms with Gasteiger partial charge in [0.1, 0.15) is 0 Å². The smallest absolute Gasteiger partial charge is 0.252 e. The highest BCUT2D eigenvalue weighted by Crippen LogP contribution is 2.50. The van der Waals surface area contributed by atoms with E-state index in [0.29, 0.717) is 0 Å². The molecule has 0 N–H and O–H groups in total. The van der Waals surface area contributed by atoms with Gasteiger partial charge in [0.05, 0.1) is 0 Å². The Morgan fingerprint density at radius 1 is 0.260 bits per heavy atom. The van der Waals surface area contributed by atoms with Crippen LogP contribution in [0.4, 0.5) is 34.1 Å². The summed E-state index contributed by atoms with van der Waals surface area (Å²) in [6, 6.07) is 77.5. The number of fused-ring (bicyclic) bond motifs is 8. The van der Waals surface area contributed by atoms with Crippen LogP contribution in [-0.2, 0) is 21.7 Å². The summed E-state index contributed by atoms with van der Waals surface area (Å²) in [7, 11) is 0. The first kappa shape index (κ1) is 48.7. The molecule has 0 aromatic heterocycles. The Kier molecular flexibility index (Phi) is 11.0. The van der Waals surface area contributed by atoms with E-state index in [1.165, 1.54) is 138 Å². The van der Waals surface area contributed by atoms with Crippen LogP contribution in [0.5, 0.6) is 0 Å². The zero-order valence-electron chi connectivity index (χ0n) is 47.0. The average Bonchev–Trinajstić information content (AvgIpc) is 3.60. The fourth-order valence-electron chi connectivity index (χ4n) is 12.3. The molecule has 0 spiro atoms. The normalized spacial score (nSPS) is 13.6. The fourth-order valence-corrected chi connectivity index (χ4v) is 12.3. The van der Waals surface area contributed by atoms with E-state index in [4.69, 9.17) is 0 Å². The lowest BCUT2D eigenvalue weighted by molar-refractivity contribution is 0.568. The second-order valence-electron chi connectivity index (χ2n) is 26.4. The van der Waals surface area contributed by atoms with Crippen molar-refractivity contribution in [1.82, 2.24) is 0 Å². The van der Waals surface area contributed by atoms with Gasteiger partial charge < -0.3 is 9.80 Å². The number of rotatable bonds is 4. The van der Waals surface area contributed by atoms with Gasteiger partial charge in [-0.3, -0.25) is 0 Å². The molecule has 0 bridgehead atoms. The third kappa shape index (κ3) is 8.42. The monoisotopic (exact) mass is 997 g/mol. The van der Waals surface area contributed by atoms with Crippen molar-refractivity contribution >= 4 is 100 Å². The van der Waals surface area contributed by atoms with E-state index in [-0.39, 0.29) is 28.4 Å². The van der Waals surface area contributed by atoms with E-state index in [1.807, 2.05) is 0 Å². The summed E-state index contributed by atoms with van der Waals surface area (Å²) in [5, 5.41) is 9.99. The van der Waals surface area contributed by atoms with Crippen molar-refractivity contribution in [2.24, 2.45) is 0 Å². The van der Waals surface area contributed by atoms with Crippen molar-refractivity contribution in [3.63, 3.8) is 0 Å². The van der Waals surface area contributed by atoms with Crippen LogP contribution in [0, 0.1) is 0 Å². The topological polar surface area (TPSA) is 6.48 Å². The molecule has 0 radical (unpaired) electrons. The SMILES string of the molecule is CC(C)(C)c1cc(N2c3cc4cc5ccccc5cc4cc3B3c4cc5cc6ccccc6cc5cc4N(c4cc(C(C)(C)C)cc(C(C)(C)C)c4)c4cc(-c5cccc(-c6ccccc6)c5)cc2c43)cc(C(C)(C)C)c1. The molecule has 0 aliphatic carbocycles. The Morgan fingerprint density at radius 2 is 0.597 bits per heavy atom. The number of hydrogen-bond acceptors (Lipinski definition) is 2. The summed E-state index contributed by atoms with van der Waals surface area (Å²) in [4.78, 5) is 5.33. The Bertz CT molecular complexity index is 3920. The van der Waals surface area contributed by atoms with E-state index >= 15 is 0 Å². The lowest BCUT2D eigenvalue weighted by Crippen LogP contribution is -2.61. The first-order valence-electron chi connectivity index (χ1n) is 27.8. The van der Waals surface area contributed by atoms with Gasteiger partial charge in [-0.25, -0.2) is 0 Å². The van der Waals surface area contributed by atoms with Crippen LogP contribution in [-0.4, -0.2) is 6.71 Å². The third-order valence-corrected chi connectivity index (χ3v) is 16.8. The minimum atomic E-state index is -0.0948. The van der Waals surface area contributed by atoms with E-state index in [2.05, 4.69) is 293 Å². The van der Waals surface area contributed by atoms with E-state index in [9.17, 15) is 0 Å². The van der Waals surface area contributed by atoms with Gasteiger partial charge in [0.25, 0.3) is 6.71 Å². The maximum absolute atomic E-state index is 2.66. The second-order valence-corrected chi connectivity index (χ2v) is 26.4. The summed E-state index contributed by atoms with van der Waals surface area (Å²) in [5.74, 6) is 0. The fraction of sp³-hybridized carbons (Fsp3) is 0.216. The first-order chi connectivity index (χ1) is 36.6. The number of anilines is 6. The van der Waals surface area contributed by atoms with Gasteiger partial charge in [0.2, 0.25) is 0 Å². The van der Waals surface area contributed by atoms with Crippen LogP contribution >= 0.6 is 0 Å². The maximum Gasteiger partial charge on any atom is 0.252 e. The molecule has 0 fully saturated rings. The van der Waals surface area contributed by atoms with Gasteiger partial charge in [-0.1, -0.05) is 204 Å². The summed E-state index contributed by atoms with van der Waals surface area (Å²) in [6.45, 7) is 28.2. The van der Waals surface area contributed by atoms with Crippen LogP contribution in [0.1, 0.15) is 105 Å². The highest BCUT2D eigenvalue weighted by atomic mass is 15.2. The Hall–Kier alpha value is -7.88. The van der Waals surface area contributed by atoms with Gasteiger partial charge in [-0.15, -0.1) is 0 Å². The van der Waals surface area contributed by atoms with Crippen LogP contribution in [0.2, 0.25) is 0 Å². The molecule has 77 heavy (non-hydrogen) atoms. The highest BCUT2D eigenvalue weighted by molar-refractivity contribution is 7.00. The van der Waals surface area contributed by atoms with Crippen molar-refractivity contribution in [3.05, 3.63) is 222 Å². The minimum Gasteiger partial charge on any atom is -0.311 e. The summed E-state index contributed by atoms with van der Waals surface area (Å²) in [5.41, 5.74) is 20.9. The molecule has 0 unspecified atom stereocenters. The zero-order valence-corrected chi connectivity index (χ0v) is 47.0. The molecular formula is C74H69BN2. The molecule has 0 amide bonds. The second kappa shape index (κ2) is 17.3. The van der Waals surface area contributed by atoms with Crippen LogP contribution < -0.4 is 26.2 Å². The lowest BCUT2D eigenvalue weighted by Gasteiger charge is -2.45. The number of benzene rings is 11. The van der Waals surface area contributed by atoms with Crippen LogP contribution in [0.15, 0.2) is 200 Å². The predicted molar refractivity (Wildman–Crippen MR) is 336 cm³/mol. The van der Waals surface area contributed by atoms with Gasteiger partial charge in [-0.2, -0.15) is 0 Å². The molecule has 2 aliphatic heterocycles. The van der Waals surface area contributed by atoms with Crippen molar-refractivity contribution in [2.45, 2.75) is 105 Å². The lowest BCUT2D eigenvalue weighted by atomic mass is 9.33. The number of hydrogen-bond donors (Lipinski definition) is 0. The average molecular weight is 997 g/mol. The Balaban J connectivity index is 1.21. The van der Waals surface area contributed by atoms with Crippen molar-refractivity contribution in [2.75, 3.05) is 9.80 Å². The zero-order chi connectivity index (χ0) is 53.5. The molecule has 11 aromatic carbocycles. The summed E-state index contributed by atoms with van der Waals surface area (Å²) < 4.78 is 0. The molecule has 2 heterocycles. The molecule has 2 nitrogen and oxygen atoms in total. The van der Waals surface area contributed by atoms with E-state index in [0.717, 1.165) is 0 Å². The predicted octanol–water partition coefficient (Wildman–Crippen LogP) is 18.9. The van der Waals surface area contributed by atoms with Crippen molar-refractivity contribution in [1.29, 1.82) is 0 Å². The first-order valence-corrected chi connectivity index (χ1v) is 27.8. The molecule has 0 saturated heterocycles. The molecular weight excluding hydrogens is 928 g/mol. The molecule has 13 rings (SSSR count). The maximum atomic E-state index is 2.66. The molecule has 378 valence electrons. The van der Waals surface area contributed by atoms with E-state index in [1.54, 1.807) is 0 Å². The quantitative estimate of drug-likeness (QED) is 0.128. The van der Waals surface area contributed by atoms with E-state index < -0.39 is 0 Å². The summed E-state index contributed by atoms with van der Waals surface area (Å²) in [6.07, 6.45) is 0. The number of nitrogens with zero attached hydrogens (tertiary/aromatic N) is 2. The Morgan fingerprint density at radius 3 is 0.974 bits per heavy atom. The molecule has 2 aliphatic rings. The molecule has 0 saturated carbocycles. The van der Waals surface area contributed by atoms with Crippen molar-refractivity contribution < 1.29 is 0 Å².